The Kier molecular flexibility index (Phi) is 5.44. The van der Waals surface area contributed by atoms with Gasteiger partial charge in [0.05, 0.1) is 19.8 Å². The quantitative estimate of drug-likeness (QED) is 0.895. The number of aliphatic hydroxyl groups excluding tert-OH is 1. The van der Waals surface area contributed by atoms with Gasteiger partial charge in [-0.15, -0.1) is 0 Å². The molecule has 0 aliphatic heterocycles. The van der Waals surface area contributed by atoms with E-state index in [-0.39, 0.29) is 0 Å². The number of hydrogen-bond acceptors (Lipinski definition) is 3. The Morgan fingerprint density at radius 2 is 2.05 bits per heavy atom. The molecule has 0 saturated heterocycles. The number of aliphatic hydroxyl groups is 1. The van der Waals surface area contributed by atoms with E-state index in [1.54, 1.807) is 7.11 Å². The SMILES string of the molecule is COc1cccc(C(O)COC2CCC(C)C(C)C2)c1. The molecule has 1 saturated carbocycles. The Bertz CT molecular complexity index is 418. The van der Waals surface area contributed by atoms with Crippen LogP contribution >= 0.6 is 0 Å². The molecule has 3 nitrogen and oxygen atoms in total. The third kappa shape index (κ3) is 3.97. The molecule has 0 radical (unpaired) electrons. The summed E-state index contributed by atoms with van der Waals surface area (Å²) >= 11 is 0. The van der Waals surface area contributed by atoms with E-state index in [1.165, 1.54) is 6.42 Å². The highest BCUT2D eigenvalue weighted by atomic mass is 16.5. The van der Waals surface area contributed by atoms with E-state index < -0.39 is 6.10 Å². The smallest absolute Gasteiger partial charge is 0.119 e. The first-order valence-electron chi connectivity index (χ1n) is 7.53. The number of hydrogen-bond donors (Lipinski definition) is 1. The Balaban J connectivity index is 1.84. The number of ether oxygens (including phenoxy) is 2. The molecule has 4 unspecified atom stereocenters. The fraction of sp³-hybridized carbons (Fsp3) is 0.647. The highest BCUT2D eigenvalue weighted by Crippen LogP contribution is 2.31. The Morgan fingerprint density at radius 3 is 2.75 bits per heavy atom. The summed E-state index contributed by atoms with van der Waals surface area (Å²) in [5.41, 5.74) is 0.849. The fourth-order valence-corrected chi connectivity index (χ4v) is 2.82. The molecular formula is C17H26O3. The van der Waals surface area contributed by atoms with Crippen molar-refractivity contribution in [2.24, 2.45) is 11.8 Å². The first-order valence-corrected chi connectivity index (χ1v) is 7.53. The van der Waals surface area contributed by atoms with Gasteiger partial charge in [0.1, 0.15) is 11.9 Å². The predicted octanol–water partition coefficient (Wildman–Crippen LogP) is 3.57. The fourth-order valence-electron chi connectivity index (χ4n) is 2.82. The zero-order chi connectivity index (χ0) is 14.5. The number of benzene rings is 1. The molecule has 1 aromatic rings. The molecule has 1 aromatic carbocycles. The number of methoxy groups -OCH3 is 1. The highest BCUT2D eigenvalue weighted by molar-refractivity contribution is 5.29. The summed E-state index contributed by atoms with van der Waals surface area (Å²) in [5.74, 6) is 2.27. The van der Waals surface area contributed by atoms with Gasteiger partial charge in [-0.05, 0) is 48.8 Å². The normalized spacial score (nSPS) is 28.1. The predicted molar refractivity (Wildman–Crippen MR) is 79.9 cm³/mol. The second-order valence-corrected chi connectivity index (χ2v) is 6.02. The van der Waals surface area contributed by atoms with Crippen molar-refractivity contribution < 1.29 is 14.6 Å². The molecule has 1 aliphatic carbocycles. The minimum absolute atomic E-state index is 0.293. The molecule has 1 aliphatic rings. The summed E-state index contributed by atoms with van der Waals surface area (Å²) in [6.07, 6.45) is 3.14. The average Bonchev–Trinajstić information content (AvgIpc) is 2.48. The largest absolute Gasteiger partial charge is 0.497 e. The van der Waals surface area contributed by atoms with Crippen LogP contribution in [0.1, 0.15) is 44.8 Å². The molecule has 3 heteroatoms. The highest BCUT2D eigenvalue weighted by Gasteiger charge is 2.25. The zero-order valence-corrected chi connectivity index (χ0v) is 12.7. The van der Waals surface area contributed by atoms with Crippen LogP contribution in [-0.4, -0.2) is 24.9 Å². The maximum absolute atomic E-state index is 10.2. The van der Waals surface area contributed by atoms with Gasteiger partial charge in [0.2, 0.25) is 0 Å². The van der Waals surface area contributed by atoms with Crippen molar-refractivity contribution in [2.45, 2.75) is 45.3 Å². The summed E-state index contributed by atoms with van der Waals surface area (Å²) < 4.78 is 11.1. The van der Waals surface area contributed by atoms with Crippen LogP contribution in [0.15, 0.2) is 24.3 Å². The van der Waals surface area contributed by atoms with E-state index in [0.717, 1.165) is 30.1 Å². The van der Waals surface area contributed by atoms with Crippen molar-refractivity contribution in [3.05, 3.63) is 29.8 Å². The molecule has 0 amide bonds. The van der Waals surface area contributed by atoms with Crippen LogP contribution in [0.5, 0.6) is 5.75 Å². The third-order valence-corrected chi connectivity index (χ3v) is 4.52. The van der Waals surface area contributed by atoms with Gasteiger partial charge in [-0.1, -0.05) is 26.0 Å². The van der Waals surface area contributed by atoms with Crippen LogP contribution < -0.4 is 4.74 Å². The maximum Gasteiger partial charge on any atom is 0.119 e. The first-order chi connectivity index (χ1) is 9.60. The molecular weight excluding hydrogens is 252 g/mol. The van der Waals surface area contributed by atoms with E-state index in [9.17, 15) is 5.11 Å². The van der Waals surface area contributed by atoms with E-state index in [0.29, 0.717) is 18.6 Å². The molecule has 0 bridgehead atoms. The van der Waals surface area contributed by atoms with Crippen LogP contribution in [0.25, 0.3) is 0 Å². The molecule has 0 spiro atoms. The van der Waals surface area contributed by atoms with Crippen molar-refractivity contribution in [2.75, 3.05) is 13.7 Å². The van der Waals surface area contributed by atoms with Crippen LogP contribution in [0.4, 0.5) is 0 Å². The van der Waals surface area contributed by atoms with Gasteiger partial charge in [0.15, 0.2) is 0 Å². The minimum atomic E-state index is -0.584. The molecule has 1 N–H and O–H groups in total. The van der Waals surface area contributed by atoms with Crippen LogP contribution in [0.3, 0.4) is 0 Å². The van der Waals surface area contributed by atoms with E-state index in [2.05, 4.69) is 13.8 Å². The van der Waals surface area contributed by atoms with Gasteiger partial charge in [-0.25, -0.2) is 0 Å². The van der Waals surface area contributed by atoms with Crippen molar-refractivity contribution in [3.63, 3.8) is 0 Å². The summed E-state index contributed by atoms with van der Waals surface area (Å²) in [5, 5.41) is 10.2. The molecule has 1 fully saturated rings. The molecule has 0 heterocycles. The lowest BCUT2D eigenvalue weighted by Gasteiger charge is -2.32. The van der Waals surface area contributed by atoms with E-state index in [4.69, 9.17) is 9.47 Å². The average molecular weight is 278 g/mol. The molecule has 0 aromatic heterocycles. The van der Waals surface area contributed by atoms with E-state index in [1.807, 2.05) is 24.3 Å². The molecule has 20 heavy (non-hydrogen) atoms. The van der Waals surface area contributed by atoms with Crippen molar-refractivity contribution in [3.8, 4) is 5.75 Å². The third-order valence-electron chi connectivity index (χ3n) is 4.52. The first kappa shape index (κ1) is 15.3. The van der Waals surface area contributed by atoms with Gasteiger partial charge >= 0.3 is 0 Å². The zero-order valence-electron chi connectivity index (χ0n) is 12.7. The Morgan fingerprint density at radius 1 is 1.25 bits per heavy atom. The number of rotatable bonds is 5. The van der Waals surface area contributed by atoms with Gasteiger partial charge in [0.25, 0.3) is 0 Å². The van der Waals surface area contributed by atoms with Crippen LogP contribution in [-0.2, 0) is 4.74 Å². The van der Waals surface area contributed by atoms with Crippen molar-refractivity contribution >= 4 is 0 Å². The summed E-state index contributed by atoms with van der Waals surface area (Å²) in [6, 6.07) is 7.53. The van der Waals surface area contributed by atoms with Gasteiger partial charge in [0, 0.05) is 0 Å². The molecule has 4 atom stereocenters. The van der Waals surface area contributed by atoms with Gasteiger partial charge < -0.3 is 14.6 Å². The Hall–Kier alpha value is -1.06. The van der Waals surface area contributed by atoms with Crippen LogP contribution in [0, 0.1) is 11.8 Å². The summed E-state index contributed by atoms with van der Waals surface area (Å²) in [4.78, 5) is 0. The lowest BCUT2D eigenvalue weighted by atomic mass is 9.80. The lowest BCUT2D eigenvalue weighted by molar-refractivity contribution is -0.0397. The second kappa shape index (κ2) is 7.09. The summed E-state index contributed by atoms with van der Waals surface area (Å²) in [6.45, 7) is 4.96. The van der Waals surface area contributed by atoms with Gasteiger partial charge in [-0.2, -0.15) is 0 Å². The monoisotopic (exact) mass is 278 g/mol. The lowest BCUT2D eigenvalue weighted by Crippen LogP contribution is -2.28. The standard InChI is InChI=1S/C17H26O3/c1-12-7-8-16(9-13(12)2)20-11-17(18)14-5-4-6-15(10-14)19-3/h4-6,10,12-13,16-18H,7-9,11H2,1-3H3. The minimum Gasteiger partial charge on any atom is -0.497 e. The molecule has 112 valence electrons. The van der Waals surface area contributed by atoms with E-state index >= 15 is 0 Å². The van der Waals surface area contributed by atoms with Crippen LogP contribution in [0.2, 0.25) is 0 Å². The summed E-state index contributed by atoms with van der Waals surface area (Å²) in [7, 11) is 1.63. The topological polar surface area (TPSA) is 38.7 Å². The maximum atomic E-state index is 10.2. The van der Waals surface area contributed by atoms with Crippen molar-refractivity contribution in [1.29, 1.82) is 0 Å². The van der Waals surface area contributed by atoms with Crippen molar-refractivity contribution in [1.82, 2.24) is 0 Å². The molecule has 2 rings (SSSR count). The second-order valence-electron chi connectivity index (χ2n) is 6.02. The Labute approximate surface area is 121 Å². The van der Waals surface area contributed by atoms with Gasteiger partial charge in [-0.3, -0.25) is 0 Å².